The van der Waals surface area contributed by atoms with Gasteiger partial charge in [0.05, 0.1) is 29.9 Å². The molecule has 1 amide bonds. The predicted molar refractivity (Wildman–Crippen MR) is 110 cm³/mol. The molecule has 0 aromatic heterocycles. The van der Waals surface area contributed by atoms with Gasteiger partial charge in [0.25, 0.3) is 0 Å². The standard InChI is InChI=1S/C23H28F6N2O3/c24-22(25,26)16-7-14(8-17(10-16)23(27,28)29)13-34-20-11-18-9-15(1-4-31(18)12-20)21(33)30-5-2-19(32)3-6-30/h7-8,10,15,18-20,32H,1-6,9,11-13H2. The van der Waals surface area contributed by atoms with Gasteiger partial charge in [0.2, 0.25) is 5.91 Å². The first-order chi connectivity index (χ1) is 15.9. The number of hydrogen-bond acceptors (Lipinski definition) is 4. The van der Waals surface area contributed by atoms with Gasteiger partial charge in [-0.15, -0.1) is 0 Å². The zero-order chi connectivity index (χ0) is 24.7. The van der Waals surface area contributed by atoms with E-state index in [0.717, 1.165) is 0 Å². The first-order valence-corrected chi connectivity index (χ1v) is 11.5. The maximum Gasteiger partial charge on any atom is 0.416 e. The number of rotatable bonds is 4. The van der Waals surface area contributed by atoms with Crippen molar-refractivity contribution in [1.82, 2.24) is 9.80 Å². The van der Waals surface area contributed by atoms with Crippen LogP contribution >= 0.6 is 0 Å². The van der Waals surface area contributed by atoms with Crippen molar-refractivity contribution in [3.8, 4) is 0 Å². The quantitative estimate of drug-likeness (QED) is 0.642. The number of hydrogen-bond donors (Lipinski definition) is 1. The number of piperidine rings is 2. The van der Waals surface area contributed by atoms with Gasteiger partial charge in [-0.25, -0.2) is 0 Å². The molecule has 1 N–H and O–H groups in total. The van der Waals surface area contributed by atoms with E-state index in [4.69, 9.17) is 4.74 Å². The SMILES string of the molecule is O=C(C1CCN2CC(OCc3cc(C(F)(F)F)cc(C(F)(F)F)c3)CC2C1)N1CCC(O)CC1. The molecule has 1 aromatic rings. The zero-order valence-corrected chi connectivity index (χ0v) is 18.5. The Morgan fingerprint density at radius 2 is 1.56 bits per heavy atom. The molecule has 3 saturated heterocycles. The molecule has 0 spiro atoms. The molecule has 5 nitrogen and oxygen atoms in total. The highest BCUT2D eigenvalue weighted by atomic mass is 19.4. The lowest BCUT2D eigenvalue weighted by molar-refractivity contribution is -0.143. The van der Waals surface area contributed by atoms with Crippen molar-refractivity contribution < 1.29 is 41.0 Å². The van der Waals surface area contributed by atoms with E-state index in [1.165, 1.54) is 0 Å². The Balaban J connectivity index is 1.34. The van der Waals surface area contributed by atoms with Gasteiger partial charge >= 0.3 is 12.4 Å². The third-order valence-electron chi connectivity index (χ3n) is 7.07. The Hall–Kier alpha value is -1.85. The number of benzene rings is 1. The van der Waals surface area contributed by atoms with Crippen LogP contribution in [-0.4, -0.2) is 65.2 Å². The number of ether oxygens (including phenoxy) is 1. The van der Waals surface area contributed by atoms with Crippen LogP contribution in [0.3, 0.4) is 0 Å². The lowest BCUT2D eigenvalue weighted by Crippen LogP contribution is -2.47. The summed E-state index contributed by atoms with van der Waals surface area (Å²) < 4.78 is 84.2. The van der Waals surface area contributed by atoms with Crippen LogP contribution in [0.25, 0.3) is 0 Å². The summed E-state index contributed by atoms with van der Waals surface area (Å²) in [4.78, 5) is 16.9. The van der Waals surface area contributed by atoms with Crippen LogP contribution in [0.5, 0.6) is 0 Å². The molecule has 11 heteroatoms. The van der Waals surface area contributed by atoms with E-state index in [1.54, 1.807) is 0 Å². The van der Waals surface area contributed by atoms with E-state index in [-0.39, 0.29) is 48.3 Å². The summed E-state index contributed by atoms with van der Waals surface area (Å²) in [5.41, 5.74) is -2.87. The summed E-state index contributed by atoms with van der Waals surface area (Å²) in [6, 6.07) is 1.60. The number of halogens is 6. The number of carbonyl (C=O) groups excluding carboxylic acids is 1. The van der Waals surface area contributed by atoms with E-state index in [1.807, 2.05) is 4.90 Å². The number of likely N-dealkylation sites (tertiary alicyclic amines) is 1. The summed E-state index contributed by atoms with van der Waals surface area (Å²) >= 11 is 0. The molecule has 0 aliphatic carbocycles. The highest BCUT2D eigenvalue weighted by molar-refractivity contribution is 5.79. The second-order valence-corrected chi connectivity index (χ2v) is 9.51. The fourth-order valence-corrected chi connectivity index (χ4v) is 5.23. The molecule has 0 bridgehead atoms. The summed E-state index contributed by atoms with van der Waals surface area (Å²) in [5, 5.41) is 9.64. The van der Waals surface area contributed by atoms with E-state index in [0.29, 0.717) is 70.4 Å². The van der Waals surface area contributed by atoms with E-state index in [2.05, 4.69) is 4.90 Å². The van der Waals surface area contributed by atoms with Crippen LogP contribution in [-0.2, 0) is 28.5 Å². The first-order valence-electron chi connectivity index (χ1n) is 11.5. The average Bonchev–Trinajstić information content (AvgIpc) is 3.18. The van der Waals surface area contributed by atoms with Crippen LogP contribution in [0.1, 0.15) is 48.8 Å². The van der Waals surface area contributed by atoms with Gasteiger partial charge in [-0.05, 0) is 62.4 Å². The molecule has 3 atom stereocenters. The highest BCUT2D eigenvalue weighted by Gasteiger charge is 2.41. The number of alkyl halides is 6. The number of fused-ring (bicyclic) bond motifs is 1. The van der Waals surface area contributed by atoms with Gasteiger partial charge in [-0.2, -0.15) is 26.3 Å². The molecule has 3 aliphatic rings. The Morgan fingerprint density at radius 1 is 0.941 bits per heavy atom. The van der Waals surface area contributed by atoms with Crippen molar-refractivity contribution in [2.75, 3.05) is 26.2 Å². The maximum absolute atomic E-state index is 13.1. The second kappa shape index (κ2) is 9.66. The van der Waals surface area contributed by atoms with Crippen LogP contribution in [0.2, 0.25) is 0 Å². The monoisotopic (exact) mass is 494 g/mol. The van der Waals surface area contributed by atoms with Gasteiger partial charge < -0.3 is 14.7 Å². The Morgan fingerprint density at radius 3 is 2.15 bits per heavy atom. The largest absolute Gasteiger partial charge is 0.416 e. The molecule has 3 unspecified atom stereocenters. The van der Waals surface area contributed by atoms with Gasteiger partial charge in [-0.3, -0.25) is 9.69 Å². The molecule has 3 aliphatic heterocycles. The van der Waals surface area contributed by atoms with Crippen LogP contribution in [0.4, 0.5) is 26.3 Å². The lowest BCUT2D eigenvalue weighted by atomic mass is 9.89. The molecular weight excluding hydrogens is 466 g/mol. The van der Waals surface area contributed by atoms with Crippen molar-refractivity contribution in [3.63, 3.8) is 0 Å². The number of aliphatic hydroxyl groups excluding tert-OH is 1. The molecule has 190 valence electrons. The number of aliphatic hydroxyl groups is 1. The van der Waals surface area contributed by atoms with Crippen LogP contribution < -0.4 is 0 Å². The minimum absolute atomic E-state index is 0.0929. The number of amides is 1. The Bertz CT molecular complexity index is 850. The minimum Gasteiger partial charge on any atom is -0.393 e. The van der Waals surface area contributed by atoms with Gasteiger partial charge in [0.1, 0.15) is 0 Å². The van der Waals surface area contributed by atoms with E-state index < -0.39 is 23.5 Å². The highest BCUT2D eigenvalue weighted by Crippen LogP contribution is 2.37. The third kappa shape index (κ3) is 5.85. The van der Waals surface area contributed by atoms with Gasteiger partial charge in [0.15, 0.2) is 0 Å². The van der Waals surface area contributed by atoms with Crippen molar-refractivity contribution in [2.45, 2.75) is 69.3 Å². The fraction of sp³-hybridized carbons (Fsp3) is 0.696. The lowest BCUT2D eigenvalue weighted by Gasteiger charge is -2.38. The predicted octanol–water partition coefficient (Wildman–Crippen LogP) is 4.08. The van der Waals surface area contributed by atoms with Crippen molar-refractivity contribution in [2.24, 2.45) is 5.92 Å². The average molecular weight is 494 g/mol. The second-order valence-electron chi connectivity index (χ2n) is 9.51. The van der Waals surface area contributed by atoms with E-state index >= 15 is 0 Å². The summed E-state index contributed by atoms with van der Waals surface area (Å²) in [6.07, 6.45) is -7.38. The first kappa shape index (κ1) is 25.2. The molecule has 3 fully saturated rings. The van der Waals surface area contributed by atoms with Crippen LogP contribution in [0, 0.1) is 5.92 Å². The van der Waals surface area contributed by atoms with Crippen LogP contribution in [0.15, 0.2) is 18.2 Å². The van der Waals surface area contributed by atoms with Crippen molar-refractivity contribution >= 4 is 5.91 Å². The Labute approximate surface area is 193 Å². The molecule has 0 saturated carbocycles. The smallest absolute Gasteiger partial charge is 0.393 e. The molecule has 3 heterocycles. The zero-order valence-electron chi connectivity index (χ0n) is 18.5. The molecule has 1 aromatic carbocycles. The molecule has 0 radical (unpaired) electrons. The molecule has 4 rings (SSSR count). The van der Waals surface area contributed by atoms with Gasteiger partial charge in [0, 0.05) is 31.6 Å². The van der Waals surface area contributed by atoms with E-state index in [9.17, 15) is 36.2 Å². The van der Waals surface area contributed by atoms with Gasteiger partial charge in [-0.1, -0.05) is 0 Å². The summed E-state index contributed by atoms with van der Waals surface area (Å²) in [6.45, 7) is 1.98. The normalized spacial score (nSPS) is 27.1. The molecule has 34 heavy (non-hydrogen) atoms. The summed E-state index contributed by atoms with van der Waals surface area (Å²) in [5.74, 6) is -0.0207. The maximum atomic E-state index is 13.1. The van der Waals surface area contributed by atoms with Crippen molar-refractivity contribution in [1.29, 1.82) is 0 Å². The fourth-order valence-electron chi connectivity index (χ4n) is 5.23. The summed E-state index contributed by atoms with van der Waals surface area (Å²) in [7, 11) is 0. The molecular formula is C23H28F6N2O3. The minimum atomic E-state index is -4.89. The number of carbonyl (C=O) groups is 1. The third-order valence-corrected chi connectivity index (χ3v) is 7.07. The number of nitrogens with zero attached hydrogens (tertiary/aromatic N) is 2. The topological polar surface area (TPSA) is 53.0 Å². The Kier molecular flexibility index (Phi) is 7.17. The van der Waals surface area contributed by atoms with Crippen molar-refractivity contribution in [3.05, 3.63) is 34.9 Å².